The number of nitrogens with zero attached hydrogens (tertiary/aromatic N) is 1. The van der Waals surface area contributed by atoms with Crippen molar-refractivity contribution >= 4 is 5.91 Å². The van der Waals surface area contributed by atoms with E-state index >= 15 is 0 Å². The molecule has 0 N–H and O–H groups in total. The summed E-state index contributed by atoms with van der Waals surface area (Å²) in [6.07, 6.45) is 4.82. The summed E-state index contributed by atoms with van der Waals surface area (Å²) in [5, 5.41) is 0. The van der Waals surface area contributed by atoms with Crippen LogP contribution in [-0.4, -0.2) is 44.2 Å². The molecule has 0 radical (unpaired) electrons. The van der Waals surface area contributed by atoms with Gasteiger partial charge in [0.2, 0.25) is 5.91 Å². The lowest BCUT2D eigenvalue weighted by atomic mass is 10.1. The van der Waals surface area contributed by atoms with Crippen molar-refractivity contribution in [3.63, 3.8) is 0 Å². The van der Waals surface area contributed by atoms with Gasteiger partial charge < -0.3 is 14.4 Å². The van der Waals surface area contributed by atoms with Crippen molar-refractivity contribution in [2.24, 2.45) is 0 Å². The van der Waals surface area contributed by atoms with Crippen LogP contribution in [0.25, 0.3) is 0 Å². The zero-order valence-corrected chi connectivity index (χ0v) is 13.0. The molecule has 0 aromatic heterocycles. The third kappa shape index (κ3) is 4.74. The number of carbonyl (C=O) groups is 1. The van der Waals surface area contributed by atoms with Gasteiger partial charge in [-0.2, -0.15) is 0 Å². The molecule has 1 aromatic rings. The molecule has 1 aliphatic heterocycles. The Labute approximate surface area is 127 Å². The number of hydrogen-bond acceptors (Lipinski definition) is 3. The Morgan fingerprint density at radius 3 is 2.90 bits per heavy atom. The van der Waals surface area contributed by atoms with Gasteiger partial charge in [0, 0.05) is 26.6 Å². The maximum Gasteiger partial charge on any atom is 0.222 e. The largest absolute Gasteiger partial charge is 0.496 e. The third-order valence-corrected chi connectivity index (χ3v) is 3.98. The Morgan fingerprint density at radius 1 is 1.38 bits per heavy atom. The zero-order valence-electron chi connectivity index (χ0n) is 13.0. The summed E-state index contributed by atoms with van der Waals surface area (Å²) in [5.74, 6) is 1.01. The first-order valence-corrected chi connectivity index (χ1v) is 7.68. The molecular formula is C17H25NO3. The summed E-state index contributed by atoms with van der Waals surface area (Å²) in [4.78, 5) is 14.0. The van der Waals surface area contributed by atoms with Crippen LogP contribution in [0.1, 0.15) is 31.2 Å². The van der Waals surface area contributed by atoms with E-state index in [1.54, 1.807) is 12.0 Å². The molecule has 2 rings (SSSR count). The Bertz CT molecular complexity index is 455. The normalized spacial score (nSPS) is 18.3. The molecule has 0 unspecified atom stereocenters. The molecule has 1 atom stereocenters. The predicted molar refractivity (Wildman–Crippen MR) is 82.5 cm³/mol. The van der Waals surface area contributed by atoms with E-state index in [0.29, 0.717) is 19.4 Å². The number of aryl methyl sites for hydroxylation is 1. The van der Waals surface area contributed by atoms with E-state index in [0.717, 1.165) is 30.8 Å². The number of methoxy groups -OCH3 is 1. The van der Waals surface area contributed by atoms with Crippen LogP contribution in [0.15, 0.2) is 24.3 Å². The molecule has 0 spiro atoms. The second-order valence-electron chi connectivity index (χ2n) is 5.57. The van der Waals surface area contributed by atoms with E-state index in [-0.39, 0.29) is 12.0 Å². The topological polar surface area (TPSA) is 38.8 Å². The maximum atomic E-state index is 12.2. The van der Waals surface area contributed by atoms with E-state index in [1.165, 1.54) is 6.42 Å². The molecule has 4 heteroatoms. The van der Waals surface area contributed by atoms with Gasteiger partial charge in [0.15, 0.2) is 0 Å². The van der Waals surface area contributed by atoms with Crippen LogP contribution < -0.4 is 4.74 Å². The molecule has 1 fully saturated rings. The number of ether oxygens (including phenoxy) is 2. The fraction of sp³-hybridized carbons (Fsp3) is 0.588. The van der Waals surface area contributed by atoms with Crippen LogP contribution in [0, 0.1) is 0 Å². The lowest BCUT2D eigenvalue weighted by Gasteiger charge is -2.27. The van der Waals surface area contributed by atoms with Crippen molar-refractivity contribution in [1.29, 1.82) is 0 Å². The first-order valence-electron chi connectivity index (χ1n) is 7.68. The van der Waals surface area contributed by atoms with Crippen LogP contribution in [0.5, 0.6) is 5.75 Å². The fourth-order valence-corrected chi connectivity index (χ4v) is 2.70. The minimum atomic E-state index is 0.162. The second kappa shape index (κ2) is 8.03. The van der Waals surface area contributed by atoms with Gasteiger partial charge in [0.1, 0.15) is 5.75 Å². The van der Waals surface area contributed by atoms with Gasteiger partial charge in [0.05, 0.1) is 13.2 Å². The van der Waals surface area contributed by atoms with E-state index in [4.69, 9.17) is 9.47 Å². The first-order chi connectivity index (χ1) is 10.2. The van der Waals surface area contributed by atoms with Crippen molar-refractivity contribution in [2.75, 3.05) is 27.3 Å². The Morgan fingerprint density at radius 2 is 2.19 bits per heavy atom. The van der Waals surface area contributed by atoms with Gasteiger partial charge >= 0.3 is 0 Å². The number of para-hydroxylation sites is 1. The zero-order chi connectivity index (χ0) is 15.1. The van der Waals surface area contributed by atoms with Crippen molar-refractivity contribution < 1.29 is 14.3 Å². The fourth-order valence-electron chi connectivity index (χ4n) is 2.70. The molecule has 116 valence electrons. The van der Waals surface area contributed by atoms with Gasteiger partial charge in [-0.3, -0.25) is 4.79 Å². The number of rotatable bonds is 6. The molecule has 1 saturated heterocycles. The molecule has 1 amide bonds. The molecule has 0 aliphatic carbocycles. The van der Waals surface area contributed by atoms with E-state index in [2.05, 4.69) is 0 Å². The molecular weight excluding hydrogens is 266 g/mol. The minimum Gasteiger partial charge on any atom is -0.496 e. The maximum absolute atomic E-state index is 12.2. The molecule has 21 heavy (non-hydrogen) atoms. The number of carbonyl (C=O) groups excluding carboxylic acids is 1. The number of hydrogen-bond donors (Lipinski definition) is 0. The van der Waals surface area contributed by atoms with Crippen molar-refractivity contribution in [2.45, 2.75) is 38.2 Å². The van der Waals surface area contributed by atoms with Crippen molar-refractivity contribution in [1.82, 2.24) is 4.90 Å². The molecule has 1 aliphatic rings. The highest BCUT2D eigenvalue weighted by molar-refractivity contribution is 5.76. The SMILES string of the molecule is COc1ccccc1CCC(=O)N(C)C[C@H]1CCCCO1. The van der Waals surface area contributed by atoms with E-state index in [1.807, 2.05) is 31.3 Å². The predicted octanol–water partition coefficient (Wildman–Crippen LogP) is 2.66. The highest BCUT2D eigenvalue weighted by Gasteiger charge is 2.18. The average Bonchev–Trinajstić information content (AvgIpc) is 2.53. The summed E-state index contributed by atoms with van der Waals surface area (Å²) in [6.45, 7) is 1.53. The molecule has 4 nitrogen and oxygen atoms in total. The Balaban J connectivity index is 1.80. The number of amides is 1. The minimum absolute atomic E-state index is 0.162. The number of likely N-dealkylation sites (N-methyl/N-ethyl adjacent to an activating group) is 1. The molecule has 1 heterocycles. The molecule has 0 bridgehead atoms. The van der Waals surface area contributed by atoms with Crippen LogP contribution in [-0.2, 0) is 16.0 Å². The highest BCUT2D eigenvalue weighted by atomic mass is 16.5. The van der Waals surface area contributed by atoms with Gasteiger partial charge in [-0.05, 0) is 37.3 Å². The standard InChI is InChI=1S/C17H25NO3/c1-18(13-15-8-5-6-12-21-15)17(19)11-10-14-7-3-4-9-16(14)20-2/h3-4,7,9,15H,5-6,8,10-13H2,1-2H3/t15-/m1/s1. The van der Waals surface area contributed by atoms with Gasteiger partial charge in [-0.25, -0.2) is 0 Å². The van der Waals surface area contributed by atoms with Crippen LogP contribution in [0.4, 0.5) is 0 Å². The average molecular weight is 291 g/mol. The third-order valence-electron chi connectivity index (χ3n) is 3.98. The van der Waals surface area contributed by atoms with Gasteiger partial charge in [-0.1, -0.05) is 18.2 Å². The second-order valence-corrected chi connectivity index (χ2v) is 5.57. The summed E-state index contributed by atoms with van der Waals surface area (Å²) >= 11 is 0. The molecule has 1 aromatic carbocycles. The van der Waals surface area contributed by atoms with Gasteiger partial charge in [-0.15, -0.1) is 0 Å². The first kappa shape index (κ1) is 15.8. The van der Waals surface area contributed by atoms with Crippen LogP contribution in [0.3, 0.4) is 0 Å². The Hall–Kier alpha value is -1.55. The Kier molecular flexibility index (Phi) is 6.05. The van der Waals surface area contributed by atoms with Crippen LogP contribution >= 0.6 is 0 Å². The molecule has 0 saturated carbocycles. The highest BCUT2D eigenvalue weighted by Crippen LogP contribution is 2.19. The summed E-state index contributed by atoms with van der Waals surface area (Å²) in [7, 11) is 3.52. The lowest BCUT2D eigenvalue weighted by molar-refractivity contribution is -0.132. The van der Waals surface area contributed by atoms with Crippen molar-refractivity contribution in [3.05, 3.63) is 29.8 Å². The summed E-state index contributed by atoms with van der Waals surface area (Å²) in [6, 6.07) is 7.86. The van der Waals surface area contributed by atoms with Crippen molar-refractivity contribution in [3.8, 4) is 5.75 Å². The van der Waals surface area contributed by atoms with E-state index < -0.39 is 0 Å². The smallest absolute Gasteiger partial charge is 0.222 e. The lowest BCUT2D eigenvalue weighted by Crippen LogP contribution is -2.37. The van der Waals surface area contributed by atoms with Gasteiger partial charge in [0.25, 0.3) is 0 Å². The summed E-state index contributed by atoms with van der Waals surface area (Å²) < 4.78 is 11.0. The van der Waals surface area contributed by atoms with Crippen LogP contribution in [0.2, 0.25) is 0 Å². The number of benzene rings is 1. The monoisotopic (exact) mass is 291 g/mol. The van der Waals surface area contributed by atoms with E-state index in [9.17, 15) is 4.79 Å². The quantitative estimate of drug-likeness (QED) is 0.809. The summed E-state index contributed by atoms with van der Waals surface area (Å²) in [5.41, 5.74) is 1.08.